The minimum absolute atomic E-state index is 0.0131. The smallest absolute Gasteiger partial charge is 0.347 e. The molecule has 0 aliphatic heterocycles. The summed E-state index contributed by atoms with van der Waals surface area (Å²) in [4.78, 5) is 24.0. The minimum atomic E-state index is -1.42. The third kappa shape index (κ3) is 3.93. The number of benzene rings is 2. The normalized spacial score (nSPS) is 11.2. The molecule has 0 unspecified atom stereocenters. The molecule has 3 rings (SSSR count). The first-order chi connectivity index (χ1) is 13.3. The van der Waals surface area contributed by atoms with Crippen LogP contribution in [0.2, 0.25) is 0 Å². The van der Waals surface area contributed by atoms with Crippen LogP contribution in [-0.4, -0.2) is 23.3 Å². The molecule has 0 atom stereocenters. The number of carbonyl (C=O) groups is 1. The summed E-state index contributed by atoms with van der Waals surface area (Å²) in [7, 11) is 0. The van der Waals surface area contributed by atoms with Gasteiger partial charge in [0, 0.05) is 6.07 Å². The number of hydrogen-bond donors (Lipinski definition) is 1. The lowest BCUT2D eigenvalue weighted by Gasteiger charge is -2.21. The van der Waals surface area contributed by atoms with Gasteiger partial charge < -0.3 is 23.7 Å². The highest BCUT2D eigenvalue weighted by molar-refractivity contribution is 5.80. The number of fused-ring (bicyclic) bond motifs is 1. The maximum absolute atomic E-state index is 12.7. The molecule has 3 aromatic rings. The van der Waals surface area contributed by atoms with Crippen LogP contribution in [0, 0.1) is 0 Å². The largest absolute Gasteiger partial charge is 0.490 e. The van der Waals surface area contributed by atoms with E-state index in [-0.39, 0.29) is 27.9 Å². The summed E-state index contributed by atoms with van der Waals surface area (Å²) in [5.74, 6) is 0.103. The standard InChI is InChI=1S/C21H20O7/c1-4-25-15-7-5-6-8-16(15)27-18-12-26-17-11-13(9-10-14(17)19(18)22)28-21(2,3)20(23)24/h5-12H,4H2,1-3H3,(H,23,24). The van der Waals surface area contributed by atoms with E-state index in [1.165, 1.54) is 38.3 Å². The van der Waals surface area contributed by atoms with Crippen molar-refractivity contribution >= 4 is 16.9 Å². The first-order valence-corrected chi connectivity index (χ1v) is 8.69. The molecule has 0 aliphatic rings. The second kappa shape index (κ2) is 7.64. The van der Waals surface area contributed by atoms with Crippen molar-refractivity contribution in [1.82, 2.24) is 0 Å². The van der Waals surface area contributed by atoms with Gasteiger partial charge in [0.05, 0.1) is 12.0 Å². The Morgan fingerprint density at radius 1 is 1.11 bits per heavy atom. The summed E-state index contributed by atoms with van der Waals surface area (Å²) in [6.07, 6.45) is 1.21. The summed E-state index contributed by atoms with van der Waals surface area (Å²) >= 11 is 0. The Balaban J connectivity index is 1.93. The van der Waals surface area contributed by atoms with Crippen LogP contribution in [-0.2, 0) is 4.79 Å². The third-order valence-electron chi connectivity index (χ3n) is 3.97. The average molecular weight is 384 g/mol. The lowest BCUT2D eigenvalue weighted by atomic mass is 10.1. The van der Waals surface area contributed by atoms with Gasteiger partial charge >= 0.3 is 5.97 Å². The van der Waals surface area contributed by atoms with Crippen molar-refractivity contribution in [2.45, 2.75) is 26.4 Å². The van der Waals surface area contributed by atoms with E-state index >= 15 is 0 Å². The fourth-order valence-electron chi connectivity index (χ4n) is 2.49. The quantitative estimate of drug-likeness (QED) is 0.651. The Kier molecular flexibility index (Phi) is 5.26. The molecule has 28 heavy (non-hydrogen) atoms. The average Bonchev–Trinajstić information content (AvgIpc) is 2.65. The monoisotopic (exact) mass is 384 g/mol. The van der Waals surface area contributed by atoms with E-state index in [0.29, 0.717) is 18.1 Å². The van der Waals surface area contributed by atoms with Crippen LogP contribution in [0.1, 0.15) is 20.8 Å². The van der Waals surface area contributed by atoms with E-state index in [1.807, 2.05) is 6.92 Å². The fraction of sp³-hybridized carbons (Fsp3) is 0.238. The molecule has 146 valence electrons. The predicted octanol–water partition coefficient (Wildman–Crippen LogP) is 4.23. The van der Waals surface area contributed by atoms with E-state index in [2.05, 4.69) is 0 Å². The molecule has 0 radical (unpaired) electrons. The molecule has 7 nitrogen and oxygen atoms in total. The number of aliphatic carboxylic acids is 1. The van der Waals surface area contributed by atoms with Crippen LogP contribution >= 0.6 is 0 Å². The van der Waals surface area contributed by atoms with Gasteiger partial charge in [-0.15, -0.1) is 0 Å². The molecule has 0 saturated carbocycles. The molecule has 0 spiro atoms. The van der Waals surface area contributed by atoms with E-state index < -0.39 is 11.6 Å². The first kappa shape index (κ1) is 19.3. The van der Waals surface area contributed by atoms with Gasteiger partial charge in [0.25, 0.3) is 0 Å². The Hall–Kier alpha value is -3.48. The Bertz CT molecular complexity index is 1070. The Morgan fingerprint density at radius 3 is 2.50 bits per heavy atom. The lowest BCUT2D eigenvalue weighted by Crippen LogP contribution is -2.37. The van der Waals surface area contributed by atoms with Gasteiger partial charge in [-0.2, -0.15) is 0 Å². The fourth-order valence-corrected chi connectivity index (χ4v) is 2.49. The third-order valence-corrected chi connectivity index (χ3v) is 3.97. The summed E-state index contributed by atoms with van der Waals surface area (Å²) in [6, 6.07) is 11.5. The number of ether oxygens (including phenoxy) is 3. The second-order valence-corrected chi connectivity index (χ2v) is 6.49. The molecule has 0 aliphatic carbocycles. The minimum Gasteiger partial charge on any atom is -0.490 e. The Labute approximate surface area is 161 Å². The number of hydrogen-bond acceptors (Lipinski definition) is 6. The van der Waals surface area contributed by atoms with Crippen molar-refractivity contribution in [1.29, 1.82) is 0 Å². The first-order valence-electron chi connectivity index (χ1n) is 8.69. The second-order valence-electron chi connectivity index (χ2n) is 6.49. The lowest BCUT2D eigenvalue weighted by molar-refractivity contribution is -0.152. The topological polar surface area (TPSA) is 95.2 Å². The summed E-state index contributed by atoms with van der Waals surface area (Å²) < 4.78 is 22.2. The van der Waals surface area contributed by atoms with Gasteiger partial charge in [0.2, 0.25) is 11.2 Å². The van der Waals surface area contributed by atoms with Crippen LogP contribution in [0.3, 0.4) is 0 Å². The molecular formula is C21H20O7. The molecule has 1 aromatic heterocycles. The highest BCUT2D eigenvalue weighted by Crippen LogP contribution is 2.31. The van der Waals surface area contributed by atoms with Crippen molar-refractivity contribution in [2.24, 2.45) is 0 Å². The Morgan fingerprint density at radius 2 is 1.82 bits per heavy atom. The van der Waals surface area contributed by atoms with Crippen LogP contribution in [0.15, 0.2) is 57.9 Å². The molecule has 0 amide bonds. The predicted molar refractivity (Wildman–Crippen MR) is 103 cm³/mol. The van der Waals surface area contributed by atoms with Crippen LogP contribution in [0.4, 0.5) is 0 Å². The van der Waals surface area contributed by atoms with E-state index in [4.69, 9.17) is 18.6 Å². The van der Waals surface area contributed by atoms with Crippen molar-refractivity contribution < 1.29 is 28.5 Å². The van der Waals surface area contributed by atoms with E-state index in [9.17, 15) is 14.7 Å². The maximum atomic E-state index is 12.7. The van der Waals surface area contributed by atoms with Crippen molar-refractivity contribution in [2.75, 3.05) is 6.61 Å². The van der Waals surface area contributed by atoms with Gasteiger partial charge in [-0.1, -0.05) is 12.1 Å². The van der Waals surface area contributed by atoms with Crippen LogP contribution < -0.4 is 19.6 Å². The highest BCUT2D eigenvalue weighted by atomic mass is 16.5. The van der Waals surface area contributed by atoms with Crippen LogP contribution in [0.5, 0.6) is 23.0 Å². The van der Waals surface area contributed by atoms with Gasteiger partial charge in [0.1, 0.15) is 17.6 Å². The van der Waals surface area contributed by atoms with Gasteiger partial charge in [-0.05, 0) is 45.0 Å². The van der Waals surface area contributed by atoms with E-state index in [1.54, 1.807) is 24.3 Å². The molecule has 1 N–H and O–H groups in total. The van der Waals surface area contributed by atoms with Crippen LogP contribution in [0.25, 0.3) is 11.0 Å². The number of carboxylic acid groups (broad SMARTS) is 1. The zero-order valence-electron chi connectivity index (χ0n) is 15.7. The summed E-state index contributed by atoms with van der Waals surface area (Å²) in [6.45, 7) is 5.18. The van der Waals surface area contributed by atoms with Gasteiger partial charge in [-0.25, -0.2) is 4.79 Å². The number of carboxylic acids is 1. The van der Waals surface area contributed by atoms with Crippen molar-refractivity contribution in [3.05, 3.63) is 59.0 Å². The molecule has 7 heteroatoms. The molecule has 0 saturated heterocycles. The highest BCUT2D eigenvalue weighted by Gasteiger charge is 2.29. The van der Waals surface area contributed by atoms with Gasteiger partial charge in [-0.3, -0.25) is 4.79 Å². The molecule has 1 heterocycles. The van der Waals surface area contributed by atoms with E-state index in [0.717, 1.165) is 0 Å². The zero-order chi connectivity index (χ0) is 20.3. The number of rotatable bonds is 7. The van der Waals surface area contributed by atoms with Crippen molar-refractivity contribution in [3.63, 3.8) is 0 Å². The van der Waals surface area contributed by atoms with Crippen molar-refractivity contribution in [3.8, 4) is 23.0 Å². The number of para-hydroxylation sites is 2. The molecular weight excluding hydrogens is 364 g/mol. The molecule has 2 aromatic carbocycles. The van der Waals surface area contributed by atoms with Gasteiger partial charge in [0.15, 0.2) is 17.1 Å². The molecule has 0 bridgehead atoms. The zero-order valence-corrected chi connectivity index (χ0v) is 15.7. The summed E-state index contributed by atoms with van der Waals surface area (Å²) in [5.41, 5.74) is -1.52. The maximum Gasteiger partial charge on any atom is 0.347 e. The summed E-state index contributed by atoms with van der Waals surface area (Å²) in [5, 5.41) is 9.46. The SMILES string of the molecule is CCOc1ccccc1Oc1coc2cc(OC(C)(C)C(=O)O)ccc2c1=O. The molecule has 0 fully saturated rings.